The zero-order chi connectivity index (χ0) is 27.7. The van der Waals surface area contributed by atoms with Crippen molar-refractivity contribution in [2.24, 2.45) is 0 Å². The van der Waals surface area contributed by atoms with Gasteiger partial charge in [-0.15, -0.1) is 0 Å². The number of hydrogen-bond acceptors (Lipinski definition) is 7. The van der Waals surface area contributed by atoms with E-state index in [4.69, 9.17) is 19.3 Å². The van der Waals surface area contributed by atoms with Gasteiger partial charge in [-0.2, -0.15) is 13.2 Å². The van der Waals surface area contributed by atoms with Crippen LogP contribution < -0.4 is 7.58 Å². The number of para-hydroxylation sites is 5. The number of nitrogens with zero attached hydrogens (tertiary/aromatic N) is 2. The Balaban J connectivity index is 1.20. The van der Waals surface area contributed by atoms with Gasteiger partial charge in [0.15, 0.2) is 11.2 Å². The van der Waals surface area contributed by atoms with Gasteiger partial charge in [0.05, 0.1) is 16.9 Å². The number of alkyl halides is 3. The normalized spacial score (nSPS) is 11.6. The van der Waals surface area contributed by atoms with Crippen molar-refractivity contribution in [3.8, 4) is 34.4 Å². The lowest BCUT2D eigenvalue weighted by Crippen LogP contribution is -2.19. The number of aromatic nitrogens is 2. The maximum absolute atomic E-state index is 14.9. The quantitative estimate of drug-likeness (QED) is 0.110. The summed E-state index contributed by atoms with van der Waals surface area (Å²) in [5.74, 6) is -1.32. The number of halogens is 4. The summed E-state index contributed by atoms with van der Waals surface area (Å²) in [7, 11) is 0. The summed E-state index contributed by atoms with van der Waals surface area (Å²) in [5, 5.41) is 0. The average molecular weight is 576 g/mol. The molecule has 0 aliphatic carbocycles. The van der Waals surface area contributed by atoms with Gasteiger partial charge in [-0.05, 0) is 48.5 Å². The van der Waals surface area contributed by atoms with Crippen LogP contribution in [-0.2, 0) is 9.02 Å². The first kappa shape index (κ1) is 26.4. The molecule has 4 aromatic carbocycles. The molecule has 7 nitrogen and oxygen atoms in total. The highest BCUT2D eigenvalue weighted by Crippen LogP contribution is 2.43. The van der Waals surface area contributed by atoms with E-state index in [-0.39, 0.29) is 5.89 Å². The van der Waals surface area contributed by atoms with Gasteiger partial charge in [0.25, 0.3) is 0 Å². The van der Waals surface area contributed by atoms with E-state index in [0.717, 1.165) is 0 Å². The molecule has 0 saturated heterocycles. The predicted molar refractivity (Wildman–Crippen MR) is 138 cm³/mol. The molecular formula is C27H14Al2F4N2O5. The number of oxazole rings is 2. The first-order valence-corrected chi connectivity index (χ1v) is 13.6. The lowest BCUT2D eigenvalue weighted by Gasteiger charge is -2.18. The SMILES string of the molecule is Fc1ccc(C(F)(F)F)c([O][Al][O][Al][O]c2ccccc2-c2nc3ccccc3o2)c1-c1nc2ccccc2o1. The molecule has 0 aliphatic heterocycles. The number of benzene rings is 4. The fourth-order valence-electron chi connectivity index (χ4n) is 3.99. The number of fused-ring (bicyclic) bond motifs is 2. The second-order valence-corrected chi connectivity index (χ2v) is 10.3. The molecular weight excluding hydrogens is 562 g/mol. The van der Waals surface area contributed by atoms with Gasteiger partial charge in [-0.3, -0.25) is 0 Å². The van der Waals surface area contributed by atoms with Crippen molar-refractivity contribution in [3.63, 3.8) is 0 Å². The molecule has 6 aromatic rings. The molecule has 2 heterocycles. The zero-order valence-electron chi connectivity index (χ0n) is 20.2. The van der Waals surface area contributed by atoms with Gasteiger partial charge in [-0.25, -0.2) is 14.4 Å². The van der Waals surface area contributed by atoms with Gasteiger partial charge in [0.2, 0.25) is 11.8 Å². The molecule has 0 unspecified atom stereocenters. The van der Waals surface area contributed by atoms with Crippen molar-refractivity contribution in [2.75, 3.05) is 0 Å². The van der Waals surface area contributed by atoms with Crippen molar-refractivity contribution in [1.29, 1.82) is 0 Å². The molecule has 0 spiro atoms. The molecule has 0 aliphatic rings. The van der Waals surface area contributed by atoms with E-state index >= 15 is 0 Å². The second-order valence-electron chi connectivity index (χ2n) is 8.33. The van der Waals surface area contributed by atoms with E-state index in [0.29, 0.717) is 51.5 Å². The average Bonchev–Trinajstić information content (AvgIpc) is 3.57. The van der Waals surface area contributed by atoms with Crippen molar-refractivity contribution >= 4 is 54.0 Å². The third-order valence-corrected chi connectivity index (χ3v) is 7.35. The van der Waals surface area contributed by atoms with Crippen molar-refractivity contribution in [2.45, 2.75) is 6.18 Å². The Labute approximate surface area is 237 Å². The summed E-state index contributed by atoms with van der Waals surface area (Å²) in [5.41, 5.74) is 0.795. The summed E-state index contributed by atoms with van der Waals surface area (Å²) < 4.78 is 84.5. The molecule has 2 radical (unpaired) electrons. The first-order chi connectivity index (χ1) is 19.4. The van der Waals surface area contributed by atoms with Crippen LogP contribution in [0.5, 0.6) is 11.5 Å². The van der Waals surface area contributed by atoms with E-state index < -0.39 is 60.6 Å². The van der Waals surface area contributed by atoms with Crippen molar-refractivity contribution < 1.29 is 36.8 Å². The highest BCUT2D eigenvalue weighted by Gasteiger charge is 2.37. The third-order valence-electron chi connectivity index (χ3n) is 5.78. The van der Waals surface area contributed by atoms with Gasteiger partial charge >= 0.3 is 37.9 Å². The molecule has 13 heteroatoms. The second kappa shape index (κ2) is 11.0. The molecule has 0 amide bonds. The van der Waals surface area contributed by atoms with E-state index in [1.165, 1.54) is 0 Å². The standard InChI is InChI=1S/C14H7F4NO2.C13H9NO2.2Al.O/c15-8-6-5-7(14(16,17)18)12(20)11(8)13-19-9-3-1-2-4-10(9)21-13;15-11-7-3-1-5-9(11)13-14-10-6-2-4-8-12(10)16-13;;;/h1-6,20H;1-8,15H;;;/q;;2*+1;/p-2. The molecule has 0 saturated carbocycles. The fourth-order valence-corrected chi connectivity index (χ4v) is 5.27. The Morgan fingerprint density at radius 3 is 1.98 bits per heavy atom. The minimum atomic E-state index is -4.83. The van der Waals surface area contributed by atoms with Crippen molar-refractivity contribution in [3.05, 3.63) is 96.3 Å². The first-order valence-electron chi connectivity index (χ1n) is 11.7. The molecule has 0 N–H and O–H groups in total. The van der Waals surface area contributed by atoms with Crippen LogP contribution in [0, 0.1) is 5.82 Å². The smallest absolute Gasteiger partial charge is 0.627 e. The molecule has 40 heavy (non-hydrogen) atoms. The third kappa shape index (κ3) is 5.30. The van der Waals surface area contributed by atoms with Crippen LogP contribution in [0.3, 0.4) is 0 Å². The summed E-state index contributed by atoms with van der Waals surface area (Å²) in [6.07, 6.45) is -4.83. The molecule has 6 rings (SSSR count). The van der Waals surface area contributed by atoms with E-state index in [9.17, 15) is 17.6 Å². The van der Waals surface area contributed by atoms with E-state index in [1.807, 2.05) is 18.2 Å². The summed E-state index contributed by atoms with van der Waals surface area (Å²) in [4.78, 5) is 8.61. The molecule has 0 fully saturated rings. The maximum Gasteiger partial charge on any atom is 0.743 e. The molecule has 196 valence electrons. The van der Waals surface area contributed by atoms with Crippen LogP contribution in [0.1, 0.15) is 5.56 Å². The Bertz CT molecular complexity index is 1760. The Kier molecular flexibility index (Phi) is 7.24. The molecule has 2 aromatic heterocycles. The Hall–Kier alpha value is -3.84. The van der Waals surface area contributed by atoms with Crippen LogP contribution in [0.4, 0.5) is 17.6 Å². The highest BCUT2D eigenvalue weighted by molar-refractivity contribution is 6.35. The monoisotopic (exact) mass is 576 g/mol. The zero-order valence-corrected chi connectivity index (χ0v) is 22.5. The Morgan fingerprint density at radius 2 is 1.27 bits per heavy atom. The van der Waals surface area contributed by atoms with Crippen LogP contribution in [0.15, 0.2) is 93.8 Å². The van der Waals surface area contributed by atoms with Gasteiger partial charge in [-0.1, -0.05) is 36.4 Å². The van der Waals surface area contributed by atoms with Crippen LogP contribution in [-0.4, -0.2) is 41.7 Å². The molecule has 0 atom stereocenters. The number of rotatable bonds is 8. The summed E-state index contributed by atoms with van der Waals surface area (Å²) in [6.45, 7) is 0. The van der Waals surface area contributed by atoms with Crippen molar-refractivity contribution in [1.82, 2.24) is 9.97 Å². The topological polar surface area (TPSA) is 79.8 Å². The Morgan fingerprint density at radius 1 is 0.675 bits per heavy atom. The fraction of sp³-hybridized carbons (Fsp3) is 0.0370. The highest BCUT2D eigenvalue weighted by atomic mass is 27.3. The summed E-state index contributed by atoms with van der Waals surface area (Å²) in [6, 6.07) is 22.1. The summed E-state index contributed by atoms with van der Waals surface area (Å²) >= 11 is -2.74. The lowest BCUT2D eigenvalue weighted by atomic mass is 10.1. The lowest BCUT2D eigenvalue weighted by molar-refractivity contribution is -0.138. The van der Waals surface area contributed by atoms with Gasteiger partial charge < -0.3 is 19.3 Å². The maximum atomic E-state index is 14.9. The van der Waals surface area contributed by atoms with E-state index in [1.54, 1.807) is 54.6 Å². The largest absolute Gasteiger partial charge is 0.743 e. The molecule has 0 bridgehead atoms. The van der Waals surface area contributed by atoms with Crippen LogP contribution >= 0.6 is 0 Å². The minimum absolute atomic E-state index is 0.291. The van der Waals surface area contributed by atoms with E-state index in [2.05, 4.69) is 9.97 Å². The minimum Gasteiger partial charge on any atom is -0.627 e. The van der Waals surface area contributed by atoms with Crippen LogP contribution in [0.2, 0.25) is 0 Å². The van der Waals surface area contributed by atoms with Gasteiger partial charge in [0.1, 0.15) is 28.2 Å². The predicted octanol–water partition coefficient (Wildman–Crippen LogP) is 7.00. The van der Waals surface area contributed by atoms with Crippen LogP contribution in [0.25, 0.3) is 45.1 Å². The number of hydrogen-bond donors (Lipinski definition) is 0. The van der Waals surface area contributed by atoms with Gasteiger partial charge in [0, 0.05) is 0 Å².